The molecule has 1 heterocycles. The van der Waals surface area contributed by atoms with E-state index in [1.54, 1.807) is 0 Å². The van der Waals surface area contributed by atoms with Crippen molar-refractivity contribution in [2.75, 3.05) is 0 Å². The molecule has 0 bridgehead atoms. The highest BCUT2D eigenvalue weighted by atomic mass is 32.3. The Labute approximate surface area is 377 Å². The molecular formula is C62H56S. The number of hydrogen-bond acceptors (Lipinski definition) is 0. The van der Waals surface area contributed by atoms with E-state index in [0.29, 0.717) is 0 Å². The third-order valence-corrected chi connectivity index (χ3v) is 18.2. The normalized spacial score (nSPS) is 18.9. The van der Waals surface area contributed by atoms with Gasteiger partial charge >= 0.3 is 0 Å². The van der Waals surface area contributed by atoms with Crippen molar-refractivity contribution in [2.24, 2.45) is 0 Å². The minimum atomic E-state index is -1.76. The lowest BCUT2D eigenvalue weighted by atomic mass is 9.81. The number of hydrogen-bond donors (Lipinski definition) is 0. The van der Waals surface area contributed by atoms with E-state index in [1.807, 2.05) is 0 Å². The molecule has 0 atom stereocenters. The Morgan fingerprint density at radius 2 is 0.921 bits per heavy atom. The molecule has 1 heteroatoms. The lowest BCUT2D eigenvalue weighted by Crippen LogP contribution is -2.15. The van der Waals surface area contributed by atoms with Gasteiger partial charge in [-0.2, -0.15) is 0 Å². The van der Waals surface area contributed by atoms with Gasteiger partial charge in [-0.1, -0.05) is 179 Å². The summed E-state index contributed by atoms with van der Waals surface area (Å²) in [6.07, 6.45) is 16.3. The summed E-state index contributed by atoms with van der Waals surface area (Å²) in [4.78, 5) is 5.58. The first-order chi connectivity index (χ1) is 30.6. The smallest absolute Gasteiger partial charge is 0.0159 e. The second-order valence-corrected chi connectivity index (χ2v) is 21.3. The summed E-state index contributed by atoms with van der Waals surface area (Å²) in [5.74, 6) is 0. The van der Waals surface area contributed by atoms with E-state index in [0.717, 1.165) is 6.42 Å². The maximum absolute atomic E-state index is 2.44. The van der Waals surface area contributed by atoms with Gasteiger partial charge in [0.05, 0.1) is 0 Å². The number of allylic oxidation sites excluding steroid dienone is 10. The molecular weight excluding hydrogens is 777 g/mol. The van der Waals surface area contributed by atoms with Gasteiger partial charge in [-0.3, -0.25) is 0 Å². The van der Waals surface area contributed by atoms with Crippen LogP contribution in [-0.4, -0.2) is 0 Å². The van der Waals surface area contributed by atoms with Crippen LogP contribution in [0.5, 0.6) is 0 Å². The quantitative estimate of drug-likeness (QED) is 0.166. The Morgan fingerprint density at radius 1 is 0.429 bits per heavy atom. The molecule has 0 saturated heterocycles. The number of benzene rings is 7. The van der Waals surface area contributed by atoms with Crippen molar-refractivity contribution in [3.8, 4) is 44.5 Å². The molecule has 0 nitrogen and oxygen atoms in total. The topological polar surface area (TPSA) is 0 Å². The maximum Gasteiger partial charge on any atom is 0.0159 e. The SMILES string of the molecule is C/C=C1/C=CC=CC1.C/C=C1\C(=C/C)c2ccc(-c3ccc(S4(c5ccc(-c6ccc7c(c6)C(C)(C)c6ccccc6-7)cc5)c5ccccc5-c5ccccc54)cc3)cc2C1(C)C. The Hall–Kier alpha value is -6.41. The van der Waals surface area contributed by atoms with Crippen LogP contribution in [-0.2, 0) is 10.8 Å². The molecule has 1 aliphatic heterocycles. The van der Waals surface area contributed by atoms with Crippen molar-refractivity contribution < 1.29 is 0 Å². The highest BCUT2D eigenvalue weighted by molar-refractivity contribution is 8.34. The van der Waals surface area contributed by atoms with Gasteiger partial charge in [-0.15, -0.1) is 10.0 Å². The fourth-order valence-corrected chi connectivity index (χ4v) is 15.1. The van der Waals surface area contributed by atoms with Crippen LogP contribution in [0.25, 0.3) is 50.1 Å². The van der Waals surface area contributed by atoms with Gasteiger partial charge in [0.25, 0.3) is 0 Å². The fourth-order valence-electron chi connectivity index (χ4n) is 10.9. The van der Waals surface area contributed by atoms with Gasteiger partial charge in [0.2, 0.25) is 0 Å². The minimum Gasteiger partial charge on any atom is -0.132 e. The van der Waals surface area contributed by atoms with E-state index in [1.165, 1.54) is 103 Å². The molecule has 310 valence electrons. The second-order valence-electron chi connectivity index (χ2n) is 18.2. The van der Waals surface area contributed by atoms with Crippen LogP contribution < -0.4 is 0 Å². The van der Waals surface area contributed by atoms with Crippen LogP contribution in [0, 0.1) is 0 Å². The summed E-state index contributed by atoms with van der Waals surface area (Å²) in [5, 5.41) is 0. The lowest BCUT2D eigenvalue weighted by Gasteiger charge is -2.39. The third kappa shape index (κ3) is 6.35. The van der Waals surface area contributed by atoms with Crippen molar-refractivity contribution >= 4 is 15.6 Å². The molecule has 7 aromatic carbocycles. The molecule has 0 spiro atoms. The molecule has 3 aliphatic carbocycles. The Morgan fingerprint density at radius 3 is 1.43 bits per heavy atom. The average Bonchev–Trinajstić information content (AvgIpc) is 3.86. The van der Waals surface area contributed by atoms with Crippen LogP contribution in [0.15, 0.2) is 231 Å². The monoisotopic (exact) mass is 832 g/mol. The van der Waals surface area contributed by atoms with Crippen molar-refractivity contribution in [2.45, 2.75) is 85.3 Å². The molecule has 0 fully saturated rings. The Kier molecular flexibility index (Phi) is 10.2. The van der Waals surface area contributed by atoms with Gasteiger partial charge in [0.15, 0.2) is 0 Å². The third-order valence-electron chi connectivity index (χ3n) is 14.2. The molecule has 0 radical (unpaired) electrons. The Bertz CT molecular complexity index is 3040. The zero-order valence-electron chi connectivity index (χ0n) is 37.7. The molecule has 11 rings (SSSR count). The van der Waals surface area contributed by atoms with Crippen molar-refractivity contribution in [3.05, 3.63) is 234 Å². The largest absolute Gasteiger partial charge is 0.132 e. The predicted molar refractivity (Wildman–Crippen MR) is 271 cm³/mol. The molecule has 0 aromatic heterocycles. The van der Waals surface area contributed by atoms with Crippen LogP contribution >= 0.6 is 10.0 Å². The maximum atomic E-state index is 2.44. The molecule has 0 N–H and O–H groups in total. The molecule has 0 amide bonds. The van der Waals surface area contributed by atoms with E-state index >= 15 is 0 Å². The second kappa shape index (κ2) is 15.7. The fraction of sp³-hybridized carbons (Fsp3) is 0.161. The van der Waals surface area contributed by atoms with Gasteiger partial charge in [-0.25, -0.2) is 0 Å². The molecule has 0 saturated carbocycles. The van der Waals surface area contributed by atoms with E-state index in [-0.39, 0.29) is 10.8 Å². The summed E-state index contributed by atoms with van der Waals surface area (Å²) in [6.45, 7) is 15.9. The molecule has 7 aromatic rings. The first-order valence-electron chi connectivity index (χ1n) is 22.6. The predicted octanol–water partition coefficient (Wildman–Crippen LogP) is 17.7. The van der Waals surface area contributed by atoms with Crippen molar-refractivity contribution in [3.63, 3.8) is 0 Å². The van der Waals surface area contributed by atoms with Crippen LogP contribution in [0.2, 0.25) is 0 Å². The summed E-state index contributed by atoms with van der Waals surface area (Å²) < 4.78 is 0. The first kappa shape index (κ1) is 40.6. The first-order valence-corrected chi connectivity index (χ1v) is 24.2. The van der Waals surface area contributed by atoms with E-state index < -0.39 is 10.0 Å². The highest BCUT2D eigenvalue weighted by Crippen LogP contribution is 2.80. The highest BCUT2D eigenvalue weighted by Gasteiger charge is 2.42. The molecule has 4 aliphatic rings. The van der Waals surface area contributed by atoms with Gasteiger partial charge in [-0.05, 0) is 159 Å². The van der Waals surface area contributed by atoms with Crippen molar-refractivity contribution in [1.29, 1.82) is 0 Å². The number of fused-ring (bicyclic) bond motifs is 7. The molecule has 0 unspecified atom stereocenters. The summed E-state index contributed by atoms with van der Waals surface area (Å²) in [7, 11) is -1.76. The van der Waals surface area contributed by atoms with Gasteiger partial charge < -0.3 is 0 Å². The van der Waals surface area contributed by atoms with Crippen LogP contribution in [0.1, 0.15) is 77.1 Å². The summed E-state index contributed by atoms with van der Waals surface area (Å²) in [6, 6.07) is 60.5. The molecule has 63 heavy (non-hydrogen) atoms. The summed E-state index contributed by atoms with van der Waals surface area (Å²) in [5.41, 5.74) is 20.2. The van der Waals surface area contributed by atoms with E-state index in [4.69, 9.17) is 0 Å². The lowest BCUT2D eigenvalue weighted by molar-refractivity contribution is 0.660. The zero-order valence-corrected chi connectivity index (χ0v) is 38.5. The van der Waals surface area contributed by atoms with E-state index in [9.17, 15) is 0 Å². The minimum absolute atomic E-state index is 0.0273. The summed E-state index contributed by atoms with van der Waals surface area (Å²) >= 11 is 0. The average molecular weight is 833 g/mol. The van der Waals surface area contributed by atoms with Crippen LogP contribution in [0.3, 0.4) is 0 Å². The standard InChI is InChI=1S/C54H46S.C8H10/c1-7-41-43-31-25-37(33-49(43)53(3,4)47(41)8-2)35-21-27-39(28-22-35)55(51-19-13-10-16-45(51)46-17-11-14-20-52(46)55)40-29-23-36(24-30-40)38-26-32-44-42-15-9-12-18-48(42)54(5,6)50(44)34-38;1-2-8-6-4-3-5-7-8/h7-34H,1-6H3;2-6H,7H2,1H3/b41-7-,47-8+;8-2-. The zero-order chi connectivity index (χ0) is 43.5. The van der Waals surface area contributed by atoms with Gasteiger partial charge in [0, 0.05) is 30.4 Å². The van der Waals surface area contributed by atoms with Crippen LogP contribution in [0.4, 0.5) is 0 Å². The Balaban J connectivity index is 0.000000533. The number of rotatable bonds is 4. The van der Waals surface area contributed by atoms with Gasteiger partial charge in [0.1, 0.15) is 0 Å². The van der Waals surface area contributed by atoms with E-state index in [2.05, 4.69) is 249 Å². The van der Waals surface area contributed by atoms with Crippen molar-refractivity contribution in [1.82, 2.24) is 0 Å².